The third-order valence-corrected chi connectivity index (χ3v) is 4.22. The van der Waals surface area contributed by atoms with Crippen LogP contribution in [0.5, 0.6) is 5.75 Å². The fourth-order valence-electron chi connectivity index (χ4n) is 2.07. The molecule has 2 nitrogen and oxygen atoms in total. The summed E-state index contributed by atoms with van der Waals surface area (Å²) in [5.74, 6) is 6.98. The van der Waals surface area contributed by atoms with Gasteiger partial charge >= 0.3 is 0 Å². The average molecular weight is 300 g/mol. The summed E-state index contributed by atoms with van der Waals surface area (Å²) < 4.78 is 5.98. The maximum absolute atomic E-state index is 8.77. The van der Waals surface area contributed by atoms with Crippen molar-refractivity contribution in [3.05, 3.63) is 50.7 Å². The highest BCUT2D eigenvalue weighted by Gasteiger charge is 2.07. The highest BCUT2D eigenvalue weighted by atomic mass is 32.1. The molecule has 0 aliphatic heterocycles. The van der Waals surface area contributed by atoms with E-state index >= 15 is 0 Å². The summed E-state index contributed by atoms with van der Waals surface area (Å²) in [7, 11) is 0. The van der Waals surface area contributed by atoms with Crippen LogP contribution in [0.1, 0.15) is 33.6 Å². The molecule has 0 atom stereocenters. The van der Waals surface area contributed by atoms with Crippen molar-refractivity contribution in [2.24, 2.45) is 0 Å². The Labute approximate surface area is 130 Å². The Morgan fingerprint density at radius 1 is 1.24 bits per heavy atom. The van der Waals surface area contributed by atoms with E-state index in [1.807, 2.05) is 11.4 Å². The first kappa shape index (κ1) is 15.6. The molecule has 110 valence electrons. The molecule has 0 spiro atoms. The summed E-state index contributed by atoms with van der Waals surface area (Å²) in [5, 5.41) is 10.8. The van der Waals surface area contributed by atoms with Gasteiger partial charge in [-0.05, 0) is 55.0 Å². The van der Waals surface area contributed by atoms with Gasteiger partial charge in [0.05, 0.1) is 11.5 Å². The van der Waals surface area contributed by atoms with Crippen molar-refractivity contribution in [2.45, 2.75) is 33.8 Å². The molecular formula is C18H20O2S. The predicted molar refractivity (Wildman–Crippen MR) is 87.9 cm³/mol. The summed E-state index contributed by atoms with van der Waals surface area (Å²) in [6, 6.07) is 6.24. The fourth-order valence-corrected chi connectivity index (χ4v) is 2.81. The minimum Gasteiger partial charge on any atom is -0.488 e. The van der Waals surface area contributed by atoms with Gasteiger partial charge in [-0.25, -0.2) is 0 Å². The first-order valence-corrected chi connectivity index (χ1v) is 7.86. The van der Waals surface area contributed by atoms with Crippen molar-refractivity contribution in [3.8, 4) is 17.6 Å². The molecule has 1 aromatic carbocycles. The van der Waals surface area contributed by atoms with Gasteiger partial charge in [-0.3, -0.25) is 0 Å². The first-order valence-electron chi connectivity index (χ1n) is 6.98. The summed E-state index contributed by atoms with van der Waals surface area (Å²) in [6.45, 7) is 6.90. The zero-order valence-electron chi connectivity index (χ0n) is 12.7. The van der Waals surface area contributed by atoms with Gasteiger partial charge in [-0.1, -0.05) is 17.9 Å². The van der Waals surface area contributed by atoms with Crippen LogP contribution in [0.25, 0.3) is 0 Å². The van der Waals surface area contributed by atoms with Crippen molar-refractivity contribution in [1.29, 1.82) is 0 Å². The third kappa shape index (κ3) is 4.10. The molecule has 0 unspecified atom stereocenters. The second-order valence-electron chi connectivity index (χ2n) is 5.03. The van der Waals surface area contributed by atoms with Gasteiger partial charge in [0.2, 0.25) is 0 Å². The number of benzene rings is 1. The van der Waals surface area contributed by atoms with Crippen molar-refractivity contribution in [2.75, 3.05) is 6.61 Å². The monoisotopic (exact) mass is 300 g/mol. The molecule has 3 heteroatoms. The minimum atomic E-state index is 0.102. The molecule has 2 rings (SSSR count). The van der Waals surface area contributed by atoms with Crippen molar-refractivity contribution in [3.63, 3.8) is 0 Å². The van der Waals surface area contributed by atoms with Gasteiger partial charge in [0.15, 0.2) is 0 Å². The number of aliphatic hydroxyl groups is 1. The van der Waals surface area contributed by atoms with Crippen LogP contribution in [0.15, 0.2) is 23.6 Å². The van der Waals surface area contributed by atoms with E-state index in [2.05, 4.69) is 44.7 Å². The number of ether oxygens (including phenoxy) is 1. The lowest BCUT2D eigenvalue weighted by Crippen LogP contribution is -1.98. The molecule has 0 saturated carbocycles. The van der Waals surface area contributed by atoms with E-state index in [1.54, 1.807) is 11.3 Å². The molecule has 21 heavy (non-hydrogen) atoms. The molecule has 0 radical (unpaired) electrons. The van der Waals surface area contributed by atoms with Gasteiger partial charge in [-0.15, -0.1) is 11.3 Å². The molecule has 1 heterocycles. The Hall–Kier alpha value is -1.76. The molecule has 0 saturated heterocycles. The Morgan fingerprint density at radius 2 is 2.05 bits per heavy atom. The first-order chi connectivity index (χ1) is 10.1. The maximum atomic E-state index is 8.77. The van der Waals surface area contributed by atoms with E-state index < -0.39 is 0 Å². The van der Waals surface area contributed by atoms with Crippen LogP contribution in [0, 0.1) is 32.6 Å². The van der Waals surface area contributed by atoms with Crippen molar-refractivity contribution >= 4 is 11.3 Å². The summed E-state index contributed by atoms with van der Waals surface area (Å²) in [4.78, 5) is 1.12. The summed E-state index contributed by atoms with van der Waals surface area (Å²) in [5.41, 5.74) is 4.64. The lowest BCUT2D eigenvalue weighted by molar-refractivity contribution is 0.305. The number of thiophene rings is 1. The molecule has 2 aromatic rings. The van der Waals surface area contributed by atoms with E-state index in [-0.39, 0.29) is 6.61 Å². The Balaban J connectivity index is 2.11. The van der Waals surface area contributed by atoms with Gasteiger partial charge < -0.3 is 9.84 Å². The largest absolute Gasteiger partial charge is 0.488 e. The van der Waals surface area contributed by atoms with Crippen LogP contribution in [0.2, 0.25) is 0 Å². The lowest BCUT2D eigenvalue weighted by atomic mass is 10.1. The third-order valence-electron chi connectivity index (χ3n) is 3.33. The second kappa shape index (κ2) is 7.31. The molecule has 0 aliphatic rings. The number of rotatable bonds is 4. The molecule has 1 N–H and O–H groups in total. The maximum Gasteiger partial charge on any atom is 0.124 e. The number of hydrogen-bond donors (Lipinski definition) is 1. The number of aryl methyl sites for hydroxylation is 2. The summed E-state index contributed by atoms with van der Waals surface area (Å²) >= 11 is 1.65. The van der Waals surface area contributed by atoms with Gasteiger partial charge in [-0.2, -0.15) is 0 Å². The molecular weight excluding hydrogens is 280 g/mol. The molecule has 0 aliphatic carbocycles. The summed E-state index contributed by atoms with van der Waals surface area (Å²) in [6.07, 6.45) is 0.506. The minimum absolute atomic E-state index is 0.102. The van der Waals surface area contributed by atoms with Crippen LogP contribution in [-0.2, 0) is 6.61 Å². The van der Waals surface area contributed by atoms with E-state index in [0.29, 0.717) is 13.0 Å². The highest BCUT2D eigenvalue weighted by molar-refractivity contribution is 7.10. The Kier molecular flexibility index (Phi) is 5.44. The lowest BCUT2D eigenvalue weighted by Gasteiger charge is -2.12. The van der Waals surface area contributed by atoms with Crippen LogP contribution in [0.4, 0.5) is 0 Å². The van der Waals surface area contributed by atoms with Crippen molar-refractivity contribution in [1.82, 2.24) is 0 Å². The van der Waals surface area contributed by atoms with E-state index in [9.17, 15) is 0 Å². The van der Waals surface area contributed by atoms with Gasteiger partial charge in [0.25, 0.3) is 0 Å². The Bertz CT molecular complexity index is 674. The van der Waals surface area contributed by atoms with Crippen LogP contribution < -0.4 is 4.74 Å². The molecule has 1 aromatic heterocycles. The molecule has 0 fully saturated rings. The second-order valence-corrected chi connectivity index (χ2v) is 6.03. The van der Waals surface area contributed by atoms with Crippen LogP contribution >= 0.6 is 11.3 Å². The quantitative estimate of drug-likeness (QED) is 0.865. The Morgan fingerprint density at radius 3 is 2.81 bits per heavy atom. The predicted octanol–water partition coefficient (Wildman–Crippen LogP) is 3.99. The fraction of sp³-hybridized carbons (Fsp3) is 0.333. The topological polar surface area (TPSA) is 29.5 Å². The number of hydrogen-bond acceptors (Lipinski definition) is 3. The standard InChI is InChI=1S/C18H20O2S/c1-13-10-14(2)15(3)17(11-13)20-12-18-16(7-9-21-18)6-4-5-8-19/h7,9-11,19H,5,8,12H2,1-3H3. The van der Waals surface area contributed by atoms with E-state index in [4.69, 9.17) is 9.84 Å². The number of aliphatic hydroxyl groups excluding tert-OH is 1. The SMILES string of the molecule is Cc1cc(C)c(C)c(OCc2sccc2C#CCCO)c1. The average Bonchev–Trinajstić information content (AvgIpc) is 2.89. The smallest absolute Gasteiger partial charge is 0.124 e. The van der Waals surface area contributed by atoms with Gasteiger partial charge in [0, 0.05) is 12.0 Å². The zero-order chi connectivity index (χ0) is 15.2. The van der Waals surface area contributed by atoms with Crippen molar-refractivity contribution < 1.29 is 9.84 Å². The zero-order valence-corrected chi connectivity index (χ0v) is 13.5. The normalized spacial score (nSPS) is 10.1. The highest BCUT2D eigenvalue weighted by Crippen LogP contribution is 2.25. The van der Waals surface area contributed by atoms with E-state index in [1.165, 1.54) is 16.7 Å². The molecule has 0 amide bonds. The van der Waals surface area contributed by atoms with Gasteiger partial charge in [0.1, 0.15) is 12.4 Å². The van der Waals surface area contributed by atoms with E-state index in [0.717, 1.165) is 16.2 Å². The van der Waals surface area contributed by atoms with Crippen LogP contribution in [-0.4, -0.2) is 11.7 Å². The van der Waals surface area contributed by atoms with Crippen LogP contribution in [0.3, 0.4) is 0 Å². The molecule has 0 bridgehead atoms.